The van der Waals surface area contributed by atoms with Crippen LogP contribution in [0.5, 0.6) is 0 Å². The Balaban J connectivity index is 2.34. The van der Waals surface area contributed by atoms with Gasteiger partial charge in [0.1, 0.15) is 0 Å². The van der Waals surface area contributed by atoms with Crippen LogP contribution in [0.3, 0.4) is 0 Å². The molecule has 0 radical (unpaired) electrons. The average Bonchev–Trinajstić information content (AvgIpc) is 2.25. The van der Waals surface area contributed by atoms with Crippen LogP contribution in [0.1, 0.15) is 40.5 Å². The highest BCUT2D eigenvalue weighted by molar-refractivity contribution is 5.78. The highest BCUT2D eigenvalue weighted by Gasteiger charge is 2.29. The monoisotopic (exact) mass is 226 g/mol. The van der Waals surface area contributed by atoms with Gasteiger partial charge in [-0.15, -0.1) is 0 Å². The van der Waals surface area contributed by atoms with Gasteiger partial charge in [0.15, 0.2) is 0 Å². The predicted molar refractivity (Wildman–Crippen MR) is 67.3 cm³/mol. The minimum atomic E-state index is 0.259. The Labute approximate surface area is 99.6 Å². The second kappa shape index (κ2) is 5.67. The van der Waals surface area contributed by atoms with Crippen LogP contribution in [0.4, 0.5) is 0 Å². The van der Waals surface area contributed by atoms with E-state index in [-0.39, 0.29) is 5.91 Å². The van der Waals surface area contributed by atoms with Crippen molar-refractivity contribution in [2.75, 3.05) is 26.2 Å². The van der Waals surface area contributed by atoms with Crippen LogP contribution in [0.25, 0.3) is 0 Å². The van der Waals surface area contributed by atoms with Gasteiger partial charge in [0, 0.05) is 13.1 Å². The first-order valence-electron chi connectivity index (χ1n) is 6.43. The summed E-state index contributed by atoms with van der Waals surface area (Å²) in [6.45, 7) is 12.2. The lowest BCUT2D eigenvalue weighted by atomic mass is 9.75. The summed E-state index contributed by atoms with van der Waals surface area (Å²) >= 11 is 0. The summed E-state index contributed by atoms with van der Waals surface area (Å²) in [5, 5.41) is 3.10. The van der Waals surface area contributed by atoms with Crippen molar-refractivity contribution in [3.8, 4) is 0 Å². The van der Waals surface area contributed by atoms with Crippen molar-refractivity contribution in [1.29, 1.82) is 0 Å². The molecule has 0 bridgehead atoms. The van der Waals surface area contributed by atoms with E-state index in [4.69, 9.17) is 0 Å². The number of carbonyl (C=O) groups is 1. The minimum Gasteiger partial charge on any atom is -0.342 e. The molecule has 0 aromatic carbocycles. The molecule has 1 aliphatic rings. The summed E-state index contributed by atoms with van der Waals surface area (Å²) in [4.78, 5) is 13.8. The highest BCUT2D eigenvalue weighted by atomic mass is 16.2. The third kappa shape index (κ3) is 3.78. The number of piperidine rings is 1. The molecule has 0 aliphatic carbocycles. The van der Waals surface area contributed by atoms with Crippen molar-refractivity contribution in [3.63, 3.8) is 0 Å². The first kappa shape index (κ1) is 13.5. The van der Waals surface area contributed by atoms with Crippen LogP contribution >= 0.6 is 0 Å². The van der Waals surface area contributed by atoms with E-state index >= 15 is 0 Å². The van der Waals surface area contributed by atoms with Gasteiger partial charge in [0.25, 0.3) is 0 Å². The maximum atomic E-state index is 11.8. The zero-order valence-electron chi connectivity index (χ0n) is 11.2. The molecule has 0 atom stereocenters. The molecule has 1 N–H and O–H groups in total. The molecule has 3 heteroatoms. The molecule has 1 rings (SSSR count). The summed E-state index contributed by atoms with van der Waals surface area (Å²) in [6.07, 6.45) is 2.31. The van der Waals surface area contributed by atoms with Crippen LogP contribution < -0.4 is 5.32 Å². The second-order valence-corrected chi connectivity index (χ2v) is 5.80. The molecule has 1 amide bonds. The molecule has 94 valence electrons. The lowest BCUT2D eigenvalue weighted by molar-refractivity contribution is -0.132. The van der Waals surface area contributed by atoms with Gasteiger partial charge in [-0.1, -0.05) is 27.7 Å². The number of nitrogens with one attached hydrogen (secondary N) is 1. The van der Waals surface area contributed by atoms with Gasteiger partial charge in [-0.3, -0.25) is 4.79 Å². The van der Waals surface area contributed by atoms with Gasteiger partial charge in [-0.25, -0.2) is 0 Å². The van der Waals surface area contributed by atoms with Crippen molar-refractivity contribution in [2.45, 2.75) is 40.5 Å². The molecule has 1 heterocycles. The molecule has 1 fully saturated rings. The van der Waals surface area contributed by atoms with E-state index in [0.29, 0.717) is 12.0 Å². The van der Waals surface area contributed by atoms with Crippen LogP contribution in [0.2, 0.25) is 0 Å². The summed E-state index contributed by atoms with van der Waals surface area (Å²) < 4.78 is 0. The maximum Gasteiger partial charge on any atom is 0.236 e. The zero-order chi connectivity index (χ0) is 12.2. The lowest BCUT2D eigenvalue weighted by Gasteiger charge is -2.38. The average molecular weight is 226 g/mol. The van der Waals surface area contributed by atoms with Crippen LogP contribution in [0, 0.1) is 11.3 Å². The maximum absolute atomic E-state index is 11.8. The fraction of sp³-hybridized carbons (Fsp3) is 0.923. The predicted octanol–water partition coefficient (Wildman–Crippen LogP) is 1.88. The number of nitrogens with zero attached hydrogens (tertiary/aromatic N) is 1. The van der Waals surface area contributed by atoms with Gasteiger partial charge >= 0.3 is 0 Å². The van der Waals surface area contributed by atoms with Crippen LogP contribution in [-0.2, 0) is 4.79 Å². The van der Waals surface area contributed by atoms with E-state index in [2.05, 4.69) is 26.1 Å². The fourth-order valence-corrected chi connectivity index (χ4v) is 2.34. The van der Waals surface area contributed by atoms with Crippen LogP contribution in [-0.4, -0.2) is 37.0 Å². The first-order chi connectivity index (χ1) is 7.45. The van der Waals surface area contributed by atoms with E-state index in [9.17, 15) is 4.79 Å². The van der Waals surface area contributed by atoms with Gasteiger partial charge in [0.05, 0.1) is 6.54 Å². The molecule has 1 aliphatic heterocycles. The summed E-state index contributed by atoms with van der Waals surface area (Å²) in [6, 6.07) is 0. The SMILES string of the molecule is CCNCC(=O)N1CCC(C(C)(C)C)CC1. The fourth-order valence-electron chi connectivity index (χ4n) is 2.34. The Morgan fingerprint density at radius 2 is 1.88 bits per heavy atom. The molecule has 1 saturated heterocycles. The molecule has 0 unspecified atom stereocenters. The Bertz CT molecular complexity index is 225. The van der Waals surface area contributed by atoms with Crippen molar-refractivity contribution in [2.24, 2.45) is 11.3 Å². The number of carbonyl (C=O) groups excluding carboxylic acids is 1. The van der Waals surface area contributed by atoms with Gasteiger partial charge < -0.3 is 10.2 Å². The molecule has 0 aromatic heterocycles. The minimum absolute atomic E-state index is 0.259. The molecule has 0 saturated carbocycles. The quantitative estimate of drug-likeness (QED) is 0.797. The molecular weight excluding hydrogens is 200 g/mol. The van der Waals surface area contributed by atoms with E-state index in [1.807, 2.05) is 11.8 Å². The van der Waals surface area contributed by atoms with Crippen molar-refractivity contribution in [3.05, 3.63) is 0 Å². The Kier molecular flexibility index (Phi) is 4.78. The van der Waals surface area contributed by atoms with Crippen molar-refractivity contribution >= 4 is 5.91 Å². The lowest BCUT2D eigenvalue weighted by Crippen LogP contribution is -2.44. The summed E-state index contributed by atoms with van der Waals surface area (Å²) in [7, 11) is 0. The van der Waals surface area contributed by atoms with Crippen molar-refractivity contribution < 1.29 is 4.79 Å². The first-order valence-corrected chi connectivity index (χ1v) is 6.43. The largest absolute Gasteiger partial charge is 0.342 e. The van der Waals surface area contributed by atoms with Crippen LogP contribution in [0.15, 0.2) is 0 Å². The number of rotatable bonds is 3. The number of likely N-dealkylation sites (N-methyl/N-ethyl adjacent to an activating group) is 1. The zero-order valence-corrected chi connectivity index (χ0v) is 11.2. The molecule has 16 heavy (non-hydrogen) atoms. The standard InChI is InChI=1S/C13H26N2O/c1-5-14-10-12(16)15-8-6-11(7-9-15)13(2,3)4/h11,14H,5-10H2,1-4H3. The number of amides is 1. The van der Waals surface area contributed by atoms with E-state index in [0.717, 1.165) is 38.4 Å². The molecule has 0 spiro atoms. The molecular formula is C13H26N2O. The highest BCUT2D eigenvalue weighted by Crippen LogP contribution is 2.34. The number of hydrogen-bond donors (Lipinski definition) is 1. The third-order valence-corrected chi connectivity index (χ3v) is 3.60. The van der Waals surface area contributed by atoms with Crippen molar-refractivity contribution in [1.82, 2.24) is 10.2 Å². The normalized spacial score (nSPS) is 18.9. The van der Waals surface area contributed by atoms with E-state index in [1.54, 1.807) is 0 Å². The van der Waals surface area contributed by atoms with E-state index < -0.39 is 0 Å². The smallest absolute Gasteiger partial charge is 0.236 e. The molecule has 3 nitrogen and oxygen atoms in total. The second-order valence-electron chi connectivity index (χ2n) is 5.80. The van der Waals surface area contributed by atoms with Gasteiger partial charge in [0.2, 0.25) is 5.91 Å². The van der Waals surface area contributed by atoms with E-state index in [1.165, 1.54) is 0 Å². The summed E-state index contributed by atoms with van der Waals surface area (Å²) in [5.41, 5.74) is 0.386. The third-order valence-electron chi connectivity index (χ3n) is 3.60. The van der Waals surface area contributed by atoms with Gasteiger partial charge in [-0.05, 0) is 30.7 Å². The Morgan fingerprint density at radius 3 is 2.31 bits per heavy atom. The Hall–Kier alpha value is -0.570. The Morgan fingerprint density at radius 1 is 1.31 bits per heavy atom. The number of likely N-dealkylation sites (tertiary alicyclic amines) is 1. The van der Waals surface area contributed by atoms with Gasteiger partial charge in [-0.2, -0.15) is 0 Å². The summed E-state index contributed by atoms with van der Waals surface area (Å²) in [5.74, 6) is 1.02. The number of hydrogen-bond acceptors (Lipinski definition) is 2. The topological polar surface area (TPSA) is 32.3 Å². The molecule has 0 aromatic rings.